The monoisotopic (exact) mass is 534 g/mol. The first-order valence-corrected chi connectivity index (χ1v) is 14.3. The van der Waals surface area contributed by atoms with Crippen LogP contribution < -0.4 is 15.8 Å². The smallest absolute Gasteiger partial charge is 0.245 e. The molecule has 3 unspecified atom stereocenters. The lowest BCUT2D eigenvalue weighted by molar-refractivity contribution is -0.137. The minimum absolute atomic E-state index is 0.0302. The van der Waals surface area contributed by atoms with E-state index >= 15 is 0 Å². The van der Waals surface area contributed by atoms with Crippen molar-refractivity contribution in [2.24, 2.45) is 11.7 Å². The van der Waals surface area contributed by atoms with Gasteiger partial charge in [-0.25, -0.2) is 0 Å². The second-order valence-corrected chi connectivity index (χ2v) is 10.9. The molecule has 2 saturated heterocycles. The molecule has 0 spiro atoms. The number of hydrogen-bond donors (Lipinski definition) is 2. The molecule has 3 amide bonds. The molecular weight excluding hydrogens is 492 g/mol. The van der Waals surface area contributed by atoms with Crippen molar-refractivity contribution >= 4 is 17.7 Å². The fraction of sp³-hybridized carbons (Fsp3) is 0.516. The van der Waals surface area contributed by atoms with E-state index in [9.17, 15) is 14.4 Å². The third kappa shape index (κ3) is 8.55. The SMILES string of the molecule is CC(CCC(=O)NC(Cc1ccc(OCc2ccccc2)cc1)C(=O)N1CCCC1CN1CCCC1)C(N)=O. The van der Waals surface area contributed by atoms with Crippen LogP contribution in [0.1, 0.15) is 56.6 Å². The number of rotatable bonds is 13. The second-order valence-electron chi connectivity index (χ2n) is 10.9. The van der Waals surface area contributed by atoms with Crippen LogP contribution in [0.25, 0.3) is 0 Å². The number of ether oxygens (including phenoxy) is 1. The lowest BCUT2D eigenvalue weighted by Gasteiger charge is -2.32. The summed E-state index contributed by atoms with van der Waals surface area (Å²) in [5, 5.41) is 2.98. The van der Waals surface area contributed by atoms with Crippen molar-refractivity contribution in [2.45, 2.75) is 70.6 Å². The molecule has 2 aliphatic rings. The Morgan fingerprint density at radius 3 is 2.38 bits per heavy atom. The minimum Gasteiger partial charge on any atom is -0.489 e. The zero-order chi connectivity index (χ0) is 27.6. The number of hydrogen-bond acceptors (Lipinski definition) is 5. The van der Waals surface area contributed by atoms with Gasteiger partial charge in [0.2, 0.25) is 17.7 Å². The van der Waals surface area contributed by atoms with Crippen LogP contribution in [0.5, 0.6) is 5.75 Å². The molecule has 2 aromatic rings. The van der Waals surface area contributed by atoms with Crippen LogP contribution in [0.15, 0.2) is 54.6 Å². The van der Waals surface area contributed by atoms with Crippen LogP contribution in [0.4, 0.5) is 0 Å². The lowest BCUT2D eigenvalue weighted by Crippen LogP contribution is -2.53. The van der Waals surface area contributed by atoms with Crippen LogP contribution in [-0.4, -0.2) is 65.8 Å². The number of nitrogens with zero attached hydrogens (tertiary/aromatic N) is 2. The van der Waals surface area contributed by atoms with Crippen molar-refractivity contribution in [1.82, 2.24) is 15.1 Å². The first kappa shape index (κ1) is 28.6. The summed E-state index contributed by atoms with van der Waals surface area (Å²) in [6, 6.07) is 17.2. The van der Waals surface area contributed by atoms with Crippen LogP contribution >= 0.6 is 0 Å². The summed E-state index contributed by atoms with van der Waals surface area (Å²) in [5.41, 5.74) is 7.40. The summed E-state index contributed by atoms with van der Waals surface area (Å²) in [7, 11) is 0. The molecule has 0 aliphatic carbocycles. The fourth-order valence-corrected chi connectivity index (χ4v) is 5.43. The summed E-state index contributed by atoms with van der Waals surface area (Å²) in [6.45, 7) is 6.00. The Balaban J connectivity index is 1.41. The molecule has 210 valence electrons. The minimum atomic E-state index is -0.670. The zero-order valence-corrected chi connectivity index (χ0v) is 23.0. The molecule has 8 nitrogen and oxygen atoms in total. The van der Waals surface area contributed by atoms with E-state index in [1.165, 1.54) is 12.8 Å². The van der Waals surface area contributed by atoms with E-state index in [1.807, 2.05) is 59.5 Å². The molecule has 3 N–H and O–H groups in total. The number of carbonyl (C=O) groups excluding carboxylic acids is 3. The van der Waals surface area contributed by atoms with Crippen LogP contribution in [0.3, 0.4) is 0 Å². The maximum Gasteiger partial charge on any atom is 0.245 e. The molecular formula is C31H42N4O4. The Kier molecular flexibility index (Phi) is 10.4. The molecule has 2 aromatic carbocycles. The molecule has 4 rings (SSSR count). The average molecular weight is 535 g/mol. The van der Waals surface area contributed by atoms with Crippen molar-refractivity contribution in [3.63, 3.8) is 0 Å². The molecule has 2 heterocycles. The number of carbonyl (C=O) groups is 3. The Morgan fingerprint density at radius 1 is 0.974 bits per heavy atom. The number of likely N-dealkylation sites (tertiary alicyclic amines) is 2. The number of amides is 3. The van der Waals surface area contributed by atoms with Gasteiger partial charge in [-0.15, -0.1) is 0 Å². The molecule has 3 atom stereocenters. The molecule has 0 radical (unpaired) electrons. The molecule has 0 aromatic heterocycles. The highest BCUT2D eigenvalue weighted by atomic mass is 16.5. The predicted octanol–water partition coefficient (Wildman–Crippen LogP) is 3.28. The van der Waals surface area contributed by atoms with Crippen molar-refractivity contribution in [3.8, 4) is 5.75 Å². The van der Waals surface area contributed by atoms with Gasteiger partial charge in [0, 0.05) is 37.9 Å². The number of benzene rings is 2. The first-order chi connectivity index (χ1) is 18.9. The Labute approximate surface area is 231 Å². The Hall–Kier alpha value is -3.39. The standard InChI is InChI=1S/C31H42N4O4/c1-23(30(32)37)11-16-29(36)33-28(31(38)35-19-7-10-26(35)21-34-17-5-6-18-34)20-24-12-14-27(15-13-24)39-22-25-8-3-2-4-9-25/h2-4,8-9,12-15,23,26,28H,5-7,10-11,16-22H2,1H3,(H2,32,37)(H,33,36). The van der Waals surface area contributed by atoms with E-state index in [4.69, 9.17) is 10.5 Å². The van der Waals surface area contributed by atoms with Crippen molar-refractivity contribution in [3.05, 3.63) is 65.7 Å². The summed E-state index contributed by atoms with van der Waals surface area (Å²) >= 11 is 0. The maximum atomic E-state index is 13.8. The molecule has 2 aliphatic heterocycles. The lowest BCUT2D eigenvalue weighted by atomic mass is 10.0. The summed E-state index contributed by atoms with van der Waals surface area (Å²) in [4.78, 5) is 42.5. The predicted molar refractivity (Wildman–Crippen MR) is 151 cm³/mol. The van der Waals surface area contributed by atoms with Crippen LogP contribution in [0, 0.1) is 5.92 Å². The highest BCUT2D eigenvalue weighted by Gasteiger charge is 2.35. The fourth-order valence-electron chi connectivity index (χ4n) is 5.43. The molecule has 0 bridgehead atoms. The quantitative estimate of drug-likeness (QED) is 0.410. The van der Waals surface area contributed by atoms with Gasteiger partial charge in [-0.1, -0.05) is 49.4 Å². The summed E-state index contributed by atoms with van der Waals surface area (Å²) < 4.78 is 5.91. The number of nitrogens with two attached hydrogens (primary N) is 1. The largest absolute Gasteiger partial charge is 0.489 e. The van der Waals surface area contributed by atoms with Crippen molar-refractivity contribution < 1.29 is 19.1 Å². The van der Waals surface area contributed by atoms with Gasteiger partial charge in [0.1, 0.15) is 18.4 Å². The van der Waals surface area contributed by atoms with Gasteiger partial charge in [0.15, 0.2) is 0 Å². The Bertz CT molecular complexity index is 1090. The van der Waals surface area contributed by atoms with Gasteiger partial charge >= 0.3 is 0 Å². The van der Waals surface area contributed by atoms with E-state index in [0.717, 1.165) is 49.4 Å². The van der Waals surface area contributed by atoms with E-state index < -0.39 is 17.9 Å². The molecule has 39 heavy (non-hydrogen) atoms. The van der Waals surface area contributed by atoms with Gasteiger partial charge in [-0.05, 0) is 68.5 Å². The third-order valence-electron chi connectivity index (χ3n) is 7.86. The van der Waals surface area contributed by atoms with Crippen LogP contribution in [-0.2, 0) is 27.4 Å². The van der Waals surface area contributed by atoms with E-state index in [-0.39, 0.29) is 24.3 Å². The molecule has 2 fully saturated rings. The van der Waals surface area contributed by atoms with E-state index in [0.29, 0.717) is 26.0 Å². The Morgan fingerprint density at radius 2 is 1.69 bits per heavy atom. The van der Waals surface area contributed by atoms with Crippen LogP contribution in [0.2, 0.25) is 0 Å². The normalized spacial score (nSPS) is 19.0. The highest BCUT2D eigenvalue weighted by molar-refractivity contribution is 5.88. The van der Waals surface area contributed by atoms with E-state index in [2.05, 4.69) is 10.2 Å². The molecule has 0 saturated carbocycles. The van der Waals surface area contributed by atoms with Gasteiger partial charge in [0.05, 0.1) is 0 Å². The molecule has 8 heteroatoms. The second kappa shape index (κ2) is 14.1. The summed E-state index contributed by atoms with van der Waals surface area (Å²) in [5.74, 6) is -0.333. The maximum absolute atomic E-state index is 13.8. The van der Waals surface area contributed by atoms with E-state index in [1.54, 1.807) is 6.92 Å². The van der Waals surface area contributed by atoms with Gasteiger partial charge in [-0.2, -0.15) is 0 Å². The number of nitrogens with one attached hydrogen (secondary N) is 1. The topological polar surface area (TPSA) is 105 Å². The van der Waals surface area contributed by atoms with Crippen molar-refractivity contribution in [1.29, 1.82) is 0 Å². The highest BCUT2D eigenvalue weighted by Crippen LogP contribution is 2.23. The first-order valence-electron chi connectivity index (χ1n) is 14.3. The number of primary amides is 1. The zero-order valence-electron chi connectivity index (χ0n) is 23.0. The van der Waals surface area contributed by atoms with Gasteiger partial charge in [0.25, 0.3) is 0 Å². The summed E-state index contributed by atoms with van der Waals surface area (Å²) in [6.07, 6.45) is 5.30. The van der Waals surface area contributed by atoms with Crippen molar-refractivity contribution in [2.75, 3.05) is 26.2 Å². The van der Waals surface area contributed by atoms with Gasteiger partial charge in [-0.3, -0.25) is 14.4 Å². The average Bonchev–Trinajstić information content (AvgIpc) is 3.63. The third-order valence-corrected chi connectivity index (χ3v) is 7.86. The van der Waals surface area contributed by atoms with Gasteiger partial charge < -0.3 is 25.6 Å².